The van der Waals surface area contributed by atoms with Crippen molar-refractivity contribution in [2.24, 2.45) is 0 Å². The number of benzene rings is 1. The largest absolute Gasteiger partial charge is 0.249 e. The fourth-order valence-electron chi connectivity index (χ4n) is 1.51. The lowest BCUT2D eigenvalue weighted by Gasteiger charge is -2.05. The Bertz CT molecular complexity index is 558. The summed E-state index contributed by atoms with van der Waals surface area (Å²) in [6.07, 6.45) is 1.72. The third-order valence-corrected chi connectivity index (χ3v) is 3.57. The van der Waals surface area contributed by atoms with Gasteiger partial charge in [-0.3, -0.25) is 0 Å². The van der Waals surface area contributed by atoms with Gasteiger partial charge in [0, 0.05) is 11.9 Å². The van der Waals surface area contributed by atoms with E-state index < -0.39 is 0 Å². The van der Waals surface area contributed by atoms with E-state index in [1.165, 1.54) is 11.1 Å². The Morgan fingerprint density at radius 2 is 2.06 bits per heavy atom. The average molecular weight is 240 g/mol. The van der Waals surface area contributed by atoms with Crippen molar-refractivity contribution in [3.63, 3.8) is 0 Å². The second-order valence-electron chi connectivity index (χ2n) is 3.68. The minimum Gasteiger partial charge on any atom is -0.249 e. The summed E-state index contributed by atoms with van der Waals surface area (Å²) < 4.78 is 0. The van der Waals surface area contributed by atoms with Gasteiger partial charge in [-0.25, -0.2) is 4.98 Å². The lowest BCUT2D eigenvalue weighted by molar-refractivity contribution is 1.11. The first-order valence-electron chi connectivity index (χ1n) is 5.33. The molecule has 0 unspecified atom stereocenters. The summed E-state index contributed by atoms with van der Waals surface area (Å²) in [6.45, 7) is 2.10. The number of aromatic nitrogens is 1. The predicted molar refractivity (Wildman–Crippen MR) is 69.7 cm³/mol. The summed E-state index contributed by atoms with van der Waals surface area (Å²) in [7, 11) is 0. The molecule has 0 radical (unpaired) electrons. The summed E-state index contributed by atoms with van der Waals surface area (Å²) >= 11 is 1.61. The van der Waals surface area contributed by atoms with Gasteiger partial charge in [0.15, 0.2) is 0 Å². The van der Waals surface area contributed by atoms with E-state index in [1.54, 1.807) is 30.1 Å². The van der Waals surface area contributed by atoms with Gasteiger partial charge in [0.2, 0.25) is 0 Å². The van der Waals surface area contributed by atoms with Crippen LogP contribution >= 0.6 is 11.8 Å². The lowest BCUT2D eigenvalue weighted by Crippen LogP contribution is -1.89. The smallest absolute Gasteiger partial charge is 0.114 e. The Kier molecular flexibility index (Phi) is 3.79. The third-order valence-electron chi connectivity index (χ3n) is 2.52. The molecule has 2 nitrogen and oxygen atoms in total. The zero-order chi connectivity index (χ0) is 12.1. The number of nitriles is 1. The van der Waals surface area contributed by atoms with Crippen LogP contribution in [-0.4, -0.2) is 4.98 Å². The molecule has 0 atom stereocenters. The highest BCUT2D eigenvalue weighted by atomic mass is 32.2. The van der Waals surface area contributed by atoms with E-state index in [9.17, 15) is 0 Å². The van der Waals surface area contributed by atoms with Crippen LogP contribution in [-0.2, 0) is 5.75 Å². The molecule has 0 aliphatic heterocycles. The van der Waals surface area contributed by atoms with Crippen molar-refractivity contribution in [3.05, 3.63) is 59.3 Å². The van der Waals surface area contributed by atoms with E-state index in [0.717, 1.165) is 10.8 Å². The molecule has 2 rings (SSSR count). The molecule has 0 spiro atoms. The summed E-state index contributed by atoms with van der Waals surface area (Å²) in [6, 6.07) is 14.0. The molecular formula is C14H12N2S. The van der Waals surface area contributed by atoms with Gasteiger partial charge in [-0.15, -0.1) is 11.8 Å². The van der Waals surface area contributed by atoms with Crippen LogP contribution in [0, 0.1) is 18.3 Å². The lowest BCUT2D eigenvalue weighted by atomic mass is 10.1. The maximum atomic E-state index is 8.97. The number of pyridine rings is 1. The van der Waals surface area contributed by atoms with Crippen molar-refractivity contribution in [1.82, 2.24) is 4.98 Å². The van der Waals surface area contributed by atoms with Crippen molar-refractivity contribution in [1.29, 1.82) is 5.26 Å². The maximum Gasteiger partial charge on any atom is 0.114 e. The van der Waals surface area contributed by atoms with Crippen LogP contribution in [0.3, 0.4) is 0 Å². The van der Waals surface area contributed by atoms with E-state index in [0.29, 0.717) is 5.56 Å². The molecule has 17 heavy (non-hydrogen) atoms. The monoisotopic (exact) mass is 240 g/mol. The Morgan fingerprint density at radius 3 is 2.82 bits per heavy atom. The first-order chi connectivity index (χ1) is 8.31. The molecule has 3 heteroatoms. The zero-order valence-electron chi connectivity index (χ0n) is 9.55. The first kappa shape index (κ1) is 11.7. The Labute approximate surface area is 105 Å². The van der Waals surface area contributed by atoms with Gasteiger partial charge in [0.25, 0.3) is 0 Å². The van der Waals surface area contributed by atoms with E-state index in [-0.39, 0.29) is 0 Å². The normalized spacial score (nSPS) is 9.88. The van der Waals surface area contributed by atoms with Crippen molar-refractivity contribution in [2.75, 3.05) is 0 Å². The van der Waals surface area contributed by atoms with Gasteiger partial charge in [0.05, 0.1) is 5.56 Å². The molecule has 1 aromatic carbocycles. The van der Waals surface area contributed by atoms with Crippen LogP contribution in [0.25, 0.3) is 0 Å². The maximum absolute atomic E-state index is 8.97. The summed E-state index contributed by atoms with van der Waals surface area (Å²) in [5, 5.41) is 9.77. The molecule has 2 aromatic rings. The SMILES string of the molecule is Cc1ccccc1CSc1ncccc1C#N. The van der Waals surface area contributed by atoms with E-state index in [2.05, 4.69) is 30.1 Å². The quantitative estimate of drug-likeness (QED) is 0.770. The second-order valence-corrected chi connectivity index (χ2v) is 4.65. The van der Waals surface area contributed by atoms with E-state index in [1.807, 2.05) is 12.1 Å². The standard InChI is InChI=1S/C14H12N2S/c1-11-5-2-3-6-13(11)10-17-14-12(9-15)7-4-8-16-14/h2-8H,10H2,1H3. The second kappa shape index (κ2) is 5.51. The first-order valence-corrected chi connectivity index (χ1v) is 6.32. The molecule has 0 fully saturated rings. The Hall–Kier alpha value is -1.79. The molecule has 0 saturated carbocycles. The van der Waals surface area contributed by atoms with Gasteiger partial charge < -0.3 is 0 Å². The minimum absolute atomic E-state index is 0.645. The highest BCUT2D eigenvalue weighted by molar-refractivity contribution is 7.98. The molecule has 0 aliphatic rings. The van der Waals surface area contributed by atoms with Gasteiger partial charge in [0.1, 0.15) is 11.1 Å². The van der Waals surface area contributed by atoms with E-state index >= 15 is 0 Å². The number of rotatable bonds is 3. The van der Waals surface area contributed by atoms with Crippen molar-refractivity contribution < 1.29 is 0 Å². The molecule has 0 saturated heterocycles. The van der Waals surface area contributed by atoms with E-state index in [4.69, 9.17) is 5.26 Å². The fourth-order valence-corrected chi connectivity index (χ4v) is 2.53. The molecule has 1 heterocycles. The summed E-state index contributed by atoms with van der Waals surface area (Å²) in [5.74, 6) is 0.846. The summed E-state index contributed by atoms with van der Waals surface area (Å²) in [5.41, 5.74) is 3.20. The molecule has 84 valence electrons. The zero-order valence-corrected chi connectivity index (χ0v) is 10.4. The number of hydrogen-bond acceptors (Lipinski definition) is 3. The predicted octanol–water partition coefficient (Wildman–Crippen LogP) is 3.55. The number of aryl methyl sites for hydroxylation is 1. The minimum atomic E-state index is 0.645. The number of hydrogen-bond donors (Lipinski definition) is 0. The van der Waals surface area contributed by atoms with Crippen LogP contribution in [0.4, 0.5) is 0 Å². The van der Waals surface area contributed by atoms with Gasteiger partial charge in [-0.05, 0) is 30.2 Å². The molecular weight excluding hydrogens is 228 g/mol. The number of thioether (sulfide) groups is 1. The molecule has 0 aliphatic carbocycles. The third kappa shape index (κ3) is 2.86. The van der Waals surface area contributed by atoms with Crippen LogP contribution in [0.2, 0.25) is 0 Å². The van der Waals surface area contributed by atoms with Crippen LogP contribution < -0.4 is 0 Å². The van der Waals surface area contributed by atoms with Crippen LogP contribution in [0.1, 0.15) is 16.7 Å². The van der Waals surface area contributed by atoms with Crippen molar-refractivity contribution >= 4 is 11.8 Å². The molecule has 0 amide bonds. The van der Waals surface area contributed by atoms with Crippen molar-refractivity contribution in [2.45, 2.75) is 17.7 Å². The molecule has 0 bridgehead atoms. The molecule has 1 aromatic heterocycles. The average Bonchev–Trinajstić information content (AvgIpc) is 2.38. The Balaban J connectivity index is 2.13. The van der Waals surface area contributed by atoms with Gasteiger partial charge >= 0.3 is 0 Å². The van der Waals surface area contributed by atoms with Crippen LogP contribution in [0.15, 0.2) is 47.6 Å². The Morgan fingerprint density at radius 1 is 1.24 bits per heavy atom. The highest BCUT2D eigenvalue weighted by Gasteiger charge is 2.04. The van der Waals surface area contributed by atoms with Crippen LogP contribution in [0.5, 0.6) is 0 Å². The number of nitrogens with zero attached hydrogens (tertiary/aromatic N) is 2. The van der Waals surface area contributed by atoms with Gasteiger partial charge in [-0.2, -0.15) is 5.26 Å². The fraction of sp³-hybridized carbons (Fsp3) is 0.143. The van der Waals surface area contributed by atoms with Crippen molar-refractivity contribution in [3.8, 4) is 6.07 Å². The summed E-state index contributed by atoms with van der Waals surface area (Å²) in [4.78, 5) is 4.23. The molecule has 0 N–H and O–H groups in total. The topological polar surface area (TPSA) is 36.7 Å². The van der Waals surface area contributed by atoms with Gasteiger partial charge in [-0.1, -0.05) is 24.3 Å². The highest BCUT2D eigenvalue weighted by Crippen LogP contribution is 2.24.